The zero-order valence-electron chi connectivity index (χ0n) is 5.40. The molecule has 0 heterocycles. The van der Waals surface area contributed by atoms with Gasteiger partial charge in [0.05, 0.1) is 19.3 Å². The van der Waals surface area contributed by atoms with Crippen molar-refractivity contribution in [2.75, 3.05) is 13.2 Å². The Morgan fingerprint density at radius 1 is 1.50 bits per heavy atom. The van der Waals surface area contributed by atoms with Crippen molar-refractivity contribution in [1.82, 2.24) is 0 Å². The first-order valence-corrected chi connectivity index (χ1v) is 2.51. The maximum atomic E-state index is 8.64. The Morgan fingerprint density at radius 2 is 2.00 bits per heavy atom. The number of hydrogen-bond donors (Lipinski definition) is 4. The molecular formula is C4H12ClN3O2. The summed E-state index contributed by atoms with van der Waals surface area (Å²) in [6, 6.07) is 0. The molecule has 0 saturated heterocycles. The molecular weight excluding hydrogens is 158 g/mol. The molecule has 0 saturated carbocycles. The lowest BCUT2D eigenvalue weighted by molar-refractivity contribution is 0.102. The van der Waals surface area contributed by atoms with Crippen LogP contribution in [0.15, 0.2) is 4.99 Å². The molecule has 0 fully saturated rings. The Labute approximate surface area is 65.2 Å². The topological polar surface area (TPSA) is 105 Å². The Kier molecular flexibility index (Phi) is 8.04. The van der Waals surface area contributed by atoms with Crippen LogP contribution in [0.1, 0.15) is 0 Å². The van der Waals surface area contributed by atoms with Gasteiger partial charge in [0.1, 0.15) is 0 Å². The number of hydrogen-bond acceptors (Lipinski definition) is 3. The second kappa shape index (κ2) is 6.60. The lowest BCUT2D eigenvalue weighted by atomic mass is 10.4. The standard InChI is InChI=1S/C4H11N3O2.ClH/c5-4(6)7-1-3(9)2-8;/h3,8-9H,1-2H2,(H4,5,6,7);1H. The zero-order valence-corrected chi connectivity index (χ0v) is 6.21. The molecule has 1 unspecified atom stereocenters. The third kappa shape index (κ3) is 7.48. The Bertz CT molecular complexity index is 105. The molecule has 62 valence electrons. The summed E-state index contributed by atoms with van der Waals surface area (Å²) in [4.78, 5) is 3.46. The minimum atomic E-state index is -0.855. The van der Waals surface area contributed by atoms with Crippen LogP contribution in [0.25, 0.3) is 0 Å². The van der Waals surface area contributed by atoms with Gasteiger partial charge in [0.2, 0.25) is 0 Å². The summed E-state index contributed by atoms with van der Waals surface area (Å²) in [5, 5.41) is 16.9. The molecule has 0 bridgehead atoms. The monoisotopic (exact) mass is 169 g/mol. The van der Waals surface area contributed by atoms with Crippen LogP contribution in [-0.4, -0.2) is 35.4 Å². The normalized spacial score (nSPS) is 11.4. The predicted octanol–water partition coefficient (Wildman–Crippen LogP) is -1.97. The first-order valence-electron chi connectivity index (χ1n) is 2.51. The van der Waals surface area contributed by atoms with E-state index in [0.29, 0.717) is 0 Å². The van der Waals surface area contributed by atoms with E-state index in [4.69, 9.17) is 21.7 Å². The molecule has 0 rings (SSSR count). The van der Waals surface area contributed by atoms with E-state index in [9.17, 15) is 0 Å². The van der Waals surface area contributed by atoms with E-state index in [-0.39, 0.29) is 31.5 Å². The summed E-state index contributed by atoms with van der Waals surface area (Å²) in [7, 11) is 0. The largest absolute Gasteiger partial charge is 0.394 e. The molecule has 0 spiro atoms. The maximum Gasteiger partial charge on any atom is 0.185 e. The third-order valence-corrected chi connectivity index (χ3v) is 0.695. The van der Waals surface area contributed by atoms with E-state index < -0.39 is 6.10 Å². The summed E-state index contributed by atoms with van der Waals surface area (Å²) in [6.45, 7) is -0.268. The minimum absolute atomic E-state index is 0. The molecule has 0 amide bonds. The number of aliphatic hydroxyl groups excluding tert-OH is 2. The van der Waals surface area contributed by atoms with Gasteiger partial charge < -0.3 is 21.7 Å². The van der Waals surface area contributed by atoms with Crippen molar-refractivity contribution in [2.24, 2.45) is 16.5 Å². The number of halogens is 1. The van der Waals surface area contributed by atoms with Gasteiger partial charge in [0.15, 0.2) is 5.96 Å². The van der Waals surface area contributed by atoms with Gasteiger partial charge >= 0.3 is 0 Å². The molecule has 5 nitrogen and oxygen atoms in total. The number of guanidine groups is 1. The van der Waals surface area contributed by atoms with E-state index >= 15 is 0 Å². The third-order valence-electron chi connectivity index (χ3n) is 0.695. The van der Waals surface area contributed by atoms with Crippen LogP contribution in [0.4, 0.5) is 0 Å². The van der Waals surface area contributed by atoms with Gasteiger partial charge in [-0.05, 0) is 0 Å². The molecule has 6 heteroatoms. The fourth-order valence-electron chi connectivity index (χ4n) is 0.269. The summed E-state index contributed by atoms with van der Waals surface area (Å²) in [5.41, 5.74) is 9.86. The second-order valence-corrected chi connectivity index (χ2v) is 1.60. The second-order valence-electron chi connectivity index (χ2n) is 1.60. The van der Waals surface area contributed by atoms with E-state index in [1.807, 2.05) is 0 Å². The van der Waals surface area contributed by atoms with Crippen molar-refractivity contribution in [3.05, 3.63) is 0 Å². The van der Waals surface area contributed by atoms with Crippen molar-refractivity contribution in [3.8, 4) is 0 Å². The zero-order chi connectivity index (χ0) is 7.28. The van der Waals surface area contributed by atoms with Gasteiger partial charge in [-0.2, -0.15) is 0 Å². The van der Waals surface area contributed by atoms with Crippen LogP contribution in [0, 0.1) is 0 Å². The van der Waals surface area contributed by atoms with E-state index in [0.717, 1.165) is 0 Å². The van der Waals surface area contributed by atoms with Gasteiger partial charge in [-0.3, -0.25) is 4.99 Å². The molecule has 0 radical (unpaired) electrons. The molecule has 0 aromatic rings. The minimum Gasteiger partial charge on any atom is -0.394 e. The quantitative estimate of drug-likeness (QED) is 0.291. The molecule has 10 heavy (non-hydrogen) atoms. The smallest absolute Gasteiger partial charge is 0.185 e. The van der Waals surface area contributed by atoms with Gasteiger partial charge in [-0.1, -0.05) is 0 Å². The van der Waals surface area contributed by atoms with Crippen molar-refractivity contribution in [1.29, 1.82) is 0 Å². The Hall–Kier alpha value is -0.520. The Morgan fingerprint density at radius 3 is 2.30 bits per heavy atom. The summed E-state index contributed by atoms with van der Waals surface area (Å²) in [6.07, 6.45) is -0.855. The van der Waals surface area contributed by atoms with Crippen molar-refractivity contribution in [3.63, 3.8) is 0 Å². The van der Waals surface area contributed by atoms with E-state index in [2.05, 4.69) is 4.99 Å². The van der Waals surface area contributed by atoms with Crippen LogP contribution < -0.4 is 11.5 Å². The molecule has 0 aliphatic carbocycles. The highest BCUT2D eigenvalue weighted by Crippen LogP contribution is 1.79. The first kappa shape index (κ1) is 12.2. The van der Waals surface area contributed by atoms with Gasteiger partial charge in [-0.15, -0.1) is 12.4 Å². The number of nitrogens with zero attached hydrogens (tertiary/aromatic N) is 1. The van der Waals surface area contributed by atoms with Crippen molar-refractivity contribution < 1.29 is 10.2 Å². The Balaban J connectivity index is 0. The first-order chi connectivity index (χ1) is 4.16. The predicted molar refractivity (Wildman–Crippen MR) is 41.0 cm³/mol. The van der Waals surface area contributed by atoms with Crippen LogP contribution in [0.2, 0.25) is 0 Å². The molecule has 0 aliphatic heterocycles. The lowest BCUT2D eigenvalue weighted by Gasteiger charge is -2.00. The maximum absolute atomic E-state index is 8.64. The fraction of sp³-hybridized carbons (Fsp3) is 0.750. The number of nitrogens with two attached hydrogens (primary N) is 2. The summed E-state index contributed by atoms with van der Waals surface area (Å²) < 4.78 is 0. The van der Waals surface area contributed by atoms with Crippen molar-refractivity contribution >= 4 is 18.4 Å². The number of aliphatic hydroxyl groups is 2. The van der Waals surface area contributed by atoms with Gasteiger partial charge in [0.25, 0.3) is 0 Å². The summed E-state index contributed by atoms with van der Waals surface area (Å²) >= 11 is 0. The average molecular weight is 170 g/mol. The van der Waals surface area contributed by atoms with Crippen LogP contribution in [0.5, 0.6) is 0 Å². The highest BCUT2D eigenvalue weighted by atomic mass is 35.5. The summed E-state index contributed by atoms with van der Waals surface area (Å²) in [5.74, 6) is -0.0810. The molecule has 0 aromatic carbocycles. The van der Waals surface area contributed by atoms with Gasteiger partial charge in [0, 0.05) is 0 Å². The van der Waals surface area contributed by atoms with Crippen LogP contribution in [-0.2, 0) is 0 Å². The lowest BCUT2D eigenvalue weighted by Crippen LogP contribution is -2.26. The molecule has 6 N–H and O–H groups in total. The van der Waals surface area contributed by atoms with Crippen molar-refractivity contribution in [2.45, 2.75) is 6.10 Å². The fourth-order valence-corrected chi connectivity index (χ4v) is 0.269. The highest BCUT2D eigenvalue weighted by Gasteiger charge is 1.97. The molecule has 0 aliphatic rings. The number of aliphatic imine (C=N–C) groups is 1. The van der Waals surface area contributed by atoms with Gasteiger partial charge in [-0.25, -0.2) is 0 Å². The van der Waals surface area contributed by atoms with Crippen LogP contribution in [0.3, 0.4) is 0 Å². The number of rotatable bonds is 3. The SMILES string of the molecule is Cl.NC(N)=NCC(O)CO. The van der Waals surface area contributed by atoms with E-state index in [1.54, 1.807) is 0 Å². The van der Waals surface area contributed by atoms with Crippen LogP contribution >= 0.6 is 12.4 Å². The highest BCUT2D eigenvalue weighted by molar-refractivity contribution is 5.85. The molecule has 0 aromatic heterocycles. The average Bonchev–Trinajstić information content (AvgIpc) is 1.83. The molecule has 1 atom stereocenters. The van der Waals surface area contributed by atoms with E-state index in [1.165, 1.54) is 0 Å².